The Kier molecular flexibility index (Phi) is 8.08. The minimum Gasteiger partial charge on any atom is -0.360 e. The van der Waals surface area contributed by atoms with Gasteiger partial charge in [0.2, 0.25) is 5.91 Å². The van der Waals surface area contributed by atoms with Crippen molar-refractivity contribution < 1.29 is 4.79 Å². The lowest BCUT2D eigenvalue weighted by Gasteiger charge is -2.45. The minimum absolute atomic E-state index is 0.0233. The van der Waals surface area contributed by atoms with E-state index in [0.29, 0.717) is 23.1 Å². The van der Waals surface area contributed by atoms with E-state index in [9.17, 15) is 4.79 Å². The summed E-state index contributed by atoms with van der Waals surface area (Å²) in [5, 5.41) is 4.73. The number of piperazine rings is 1. The zero-order chi connectivity index (χ0) is 24.3. The average Bonchev–Trinajstić information content (AvgIpc) is 3.07. The molecule has 0 saturated carbocycles. The van der Waals surface area contributed by atoms with Gasteiger partial charge in [-0.3, -0.25) is 9.69 Å². The van der Waals surface area contributed by atoms with Crippen molar-refractivity contribution in [2.75, 3.05) is 50.7 Å². The first-order valence-electron chi connectivity index (χ1n) is 12.3. The normalized spacial score (nSPS) is 20.3. The molecule has 0 aliphatic carbocycles. The Morgan fingerprint density at radius 1 is 1.00 bits per heavy atom. The smallest absolute Gasteiger partial charge is 0.228 e. The van der Waals surface area contributed by atoms with Crippen LogP contribution in [0.25, 0.3) is 0 Å². The quantitative estimate of drug-likeness (QED) is 0.621. The zero-order valence-corrected chi connectivity index (χ0v) is 22.0. The molecular formula is C27H36Cl2N4O. The van der Waals surface area contributed by atoms with E-state index in [1.165, 1.54) is 17.5 Å². The van der Waals surface area contributed by atoms with Crippen LogP contribution in [0.5, 0.6) is 0 Å². The summed E-state index contributed by atoms with van der Waals surface area (Å²) in [5.74, 6) is 0.186. The second-order valence-electron chi connectivity index (χ2n) is 10.4. The van der Waals surface area contributed by atoms with Crippen molar-refractivity contribution in [2.24, 2.45) is 5.41 Å². The molecule has 4 rings (SSSR count). The van der Waals surface area contributed by atoms with E-state index in [0.717, 1.165) is 45.0 Å². The Bertz CT molecular complexity index is 981. The highest BCUT2D eigenvalue weighted by molar-refractivity contribution is 6.36. The van der Waals surface area contributed by atoms with E-state index in [-0.39, 0.29) is 11.9 Å². The fourth-order valence-electron chi connectivity index (χ4n) is 4.89. The topological polar surface area (TPSA) is 38.8 Å². The maximum absolute atomic E-state index is 13.1. The van der Waals surface area contributed by atoms with Crippen LogP contribution in [0.1, 0.15) is 44.4 Å². The molecule has 2 aliphatic rings. The summed E-state index contributed by atoms with van der Waals surface area (Å²) in [6.07, 6.45) is 1.19. The molecule has 2 aromatic rings. The third-order valence-electron chi connectivity index (χ3n) is 6.73. The van der Waals surface area contributed by atoms with Crippen LogP contribution < -0.4 is 10.2 Å². The third kappa shape index (κ3) is 6.06. The van der Waals surface area contributed by atoms with E-state index in [4.69, 9.17) is 23.2 Å². The monoisotopic (exact) mass is 502 g/mol. The highest BCUT2D eigenvalue weighted by Gasteiger charge is 2.35. The fourth-order valence-corrected chi connectivity index (χ4v) is 5.41. The number of nitrogens with zero attached hydrogens (tertiary/aromatic N) is 3. The van der Waals surface area contributed by atoms with Crippen LogP contribution in [0.2, 0.25) is 10.0 Å². The predicted octanol–water partition coefficient (Wildman–Crippen LogP) is 5.22. The number of amides is 1. The highest BCUT2D eigenvalue weighted by atomic mass is 35.5. The second kappa shape index (κ2) is 10.9. The van der Waals surface area contributed by atoms with E-state index < -0.39 is 5.41 Å². The SMILES string of the molecule is CC(C)(C)C(=O)N1CCN(c2ccc(Cl)cc2Cl)[C@H](c2ccc(CN3CCCNCC3)cc2)C1. The number of carbonyl (C=O) groups excluding carboxylic acids is 1. The summed E-state index contributed by atoms with van der Waals surface area (Å²) in [6, 6.07) is 14.6. The molecule has 1 amide bonds. The molecule has 2 aromatic carbocycles. The Morgan fingerprint density at radius 2 is 1.76 bits per heavy atom. The number of benzene rings is 2. The van der Waals surface area contributed by atoms with Crippen molar-refractivity contribution in [3.8, 4) is 0 Å². The first-order chi connectivity index (χ1) is 16.2. The van der Waals surface area contributed by atoms with Crippen LogP contribution in [0.15, 0.2) is 42.5 Å². The Balaban J connectivity index is 1.58. The van der Waals surface area contributed by atoms with Crippen molar-refractivity contribution >= 4 is 34.8 Å². The maximum atomic E-state index is 13.1. The molecule has 5 nitrogen and oxygen atoms in total. The van der Waals surface area contributed by atoms with Gasteiger partial charge in [0.1, 0.15) is 0 Å². The molecule has 0 aromatic heterocycles. The number of anilines is 1. The molecule has 184 valence electrons. The minimum atomic E-state index is -0.406. The Hall–Kier alpha value is -1.79. The summed E-state index contributed by atoms with van der Waals surface area (Å²) in [4.78, 5) is 19.9. The molecule has 0 unspecified atom stereocenters. The lowest BCUT2D eigenvalue weighted by molar-refractivity contribution is -0.140. The van der Waals surface area contributed by atoms with Crippen LogP contribution >= 0.6 is 23.2 Å². The van der Waals surface area contributed by atoms with Gasteiger partial charge in [0.15, 0.2) is 0 Å². The number of rotatable bonds is 4. The Morgan fingerprint density at radius 3 is 2.47 bits per heavy atom. The van der Waals surface area contributed by atoms with Crippen LogP contribution in [0.4, 0.5) is 5.69 Å². The number of halogens is 2. The lowest BCUT2D eigenvalue weighted by Crippen LogP contribution is -2.53. The molecule has 2 saturated heterocycles. The summed E-state index contributed by atoms with van der Waals surface area (Å²) < 4.78 is 0. The third-order valence-corrected chi connectivity index (χ3v) is 7.27. The molecule has 0 spiro atoms. The van der Waals surface area contributed by atoms with Gasteiger partial charge in [0, 0.05) is 49.7 Å². The molecule has 2 fully saturated rings. The summed E-state index contributed by atoms with van der Waals surface area (Å²) in [6.45, 7) is 13.3. The van der Waals surface area contributed by atoms with E-state index in [1.807, 2.05) is 37.8 Å². The predicted molar refractivity (Wildman–Crippen MR) is 142 cm³/mol. The van der Waals surface area contributed by atoms with Gasteiger partial charge in [0.25, 0.3) is 0 Å². The number of carbonyl (C=O) groups is 1. The van der Waals surface area contributed by atoms with Crippen LogP contribution in [-0.2, 0) is 11.3 Å². The van der Waals surface area contributed by atoms with Crippen molar-refractivity contribution in [2.45, 2.75) is 39.8 Å². The first kappa shape index (κ1) is 25.3. The standard InChI is InChI=1S/C27H36Cl2N4O/c1-27(2,3)26(34)32-15-16-33(24-10-9-22(28)17-23(24)29)25(19-32)21-7-5-20(6-8-21)18-31-13-4-11-30-12-14-31/h5-10,17,25,30H,4,11-16,18-19H2,1-3H3/t25-/m0/s1. The number of hydrogen-bond acceptors (Lipinski definition) is 4. The molecular weight excluding hydrogens is 467 g/mol. The van der Waals surface area contributed by atoms with Crippen molar-refractivity contribution in [1.29, 1.82) is 0 Å². The van der Waals surface area contributed by atoms with Gasteiger partial charge in [-0.1, -0.05) is 68.2 Å². The molecule has 2 heterocycles. The maximum Gasteiger partial charge on any atom is 0.228 e. The van der Waals surface area contributed by atoms with Crippen LogP contribution in [0, 0.1) is 5.41 Å². The van der Waals surface area contributed by atoms with E-state index in [1.54, 1.807) is 6.07 Å². The summed E-state index contributed by atoms with van der Waals surface area (Å²) >= 11 is 12.8. The van der Waals surface area contributed by atoms with Crippen LogP contribution in [0.3, 0.4) is 0 Å². The average molecular weight is 504 g/mol. The van der Waals surface area contributed by atoms with Gasteiger partial charge in [-0.25, -0.2) is 0 Å². The lowest BCUT2D eigenvalue weighted by atomic mass is 9.92. The van der Waals surface area contributed by atoms with Crippen molar-refractivity contribution in [3.63, 3.8) is 0 Å². The molecule has 34 heavy (non-hydrogen) atoms. The van der Waals surface area contributed by atoms with E-state index >= 15 is 0 Å². The second-order valence-corrected chi connectivity index (χ2v) is 11.3. The van der Waals surface area contributed by atoms with Gasteiger partial charge in [-0.05, 0) is 48.8 Å². The van der Waals surface area contributed by atoms with Crippen LogP contribution in [-0.4, -0.2) is 61.5 Å². The molecule has 7 heteroatoms. The first-order valence-corrected chi connectivity index (χ1v) is 13.0. The molecule has 1 atom stereocenters. The van der Waals surface area contributed by atoms with Gasteiger partial charge in [-0.15, -0.1) is 0 Å². The Labute approximate surface area is 214 Å². The largest absolute Gasteiger partial charge is 0.360 e. The fraction of sp³-hybridized carbons (Fsp3) is 0.519. The van der Waals surface area contributed by atoms with E-state index in [2.05, 4.69) is 39.4 Å². The summed E-state index contributed by atoms with van der Waals surface area (Å²) in [5.41, 5.74) is 3.06. The van der Waals surface area contributed by atoms with Gasteiger partial charge in [-0.2, -0.15) is 0 Å². The van der Waals surface area contributed by atoms with Gasteiger partial charge in [0.05, 0.1) is 16.8 Å². The van der Waals surface area contributed by atoms with Crippen molar-refractivity contribution in [1.82, 2.24) is 15.1 Å². The highest BCUT2D eigenvalue weighted by Crippen LogP contribution is 2.37. The molecule has 0 radical (unpaired) electrons. The number of nitrogens with one attached hydrogen (secondary N) is 1. The van der Waals surface area contributed by atoms with Gasteiger partial charge < -0.3 is 15.1 Å². The molecule has 2 aliphatic heterocycles. The van der Waals surface area contributed by atoms with Gasteiger partial charge >= 0.3 is 0 Å². The van der Waals surface area contributed by atoms with Crippen molar-refractivity contribution in [3.05, 3.63) is 63.6 Å². The zero-order valence-electron chi connectivity index (χ0n) is 20.5. The molecule has 0 bridgehead atoms. The molecule has 1 N–H and O–H groups in total. The summed E-state index contributed by atoms with van der Waals surface area (Å²) in [7, 11) is 0. The number of hydrogen-bond donors (Lipinski definition) is 1.